The van der Waals surface area contributed by atoms with Crippen LogP contribution in [0.3, 0.4) is 0 Å². The number of aromatic nitrogens is 2. The molecule has 3 amide bonds. The quantitative estimate of drug-likeness (QED) is 0.134. The molecule has 0 radical (unpaired) electrons. The van der Waals surface area contributed by atoms with E-state index in [0.29, 0.717) is 5.56 Å². The van der Waals surface area contributed by atoms with E-state index in [2.05, 4.69) is 10.3 Å². The molecule has 0 saturated heterocycles. The highest BCUT2D eigenvalue weighted by Crippen LogP contribution is 2.23. The number of non-ortho nitro benzene ring substituents is 1. The van der Waals surface area contributed by atoms with E-state index in [1.165, 1.54) is 35.2 Å². The molecule has 1 unspecified atom stereocenters. The van der Waals surface area contributed by atoms with Gasteiger partial charge in [0, 0.05) is 37.2 Å². The van der Waals surface area contributed by atoms with Crippen LogP contribution in [-0.4, -0.2) is 74.5 Å². The van der Waals surface area contributed by atoms with E-state index in [4.69, 9.17) is 5.73 Å². The predicted octanol–water partition coefficient (Wildman–Crippen LogP) is 1.32. The Hall–Kier alpha value is -5.54. The van der Waals surface area contributed by atoms with Crippen LogP contribution in [-0.2, 0) is 32.1 Å². The maximum Gasteiger partial charge on any atom is 0.383 e. The molecule has 16 heteroatoms. The van der Waals surface area contributed by atoms with E-state index in [1.807, 2.05) is 0 Å². The molecule has 3 rings (SSSR count). The number of carbonyl (C=O) groups excluding carboxylic acids is 4. The average Bonchev–Trinajstić information content (AvgIpc) is 3.02. The minimum atomic E-state index is -4.65. The number of benzene rings is 2. The van der Waals surface area contributed by atoms with Crippen LogP contribution >= 0.6 is 0 Å². The number of halogens is 2. The molecule has 45 heavy (non-hydrogen) atoms. The smallest absolute Gasteiger partial charge is 0.383 e. The first kappa shape index (κ1) is 34.0. The molecule has 238 valence electrons. The van der Waals surface area contributed by atoms with E-state index in [0.717, 1.165) is 16.8 Å². The van der Waals surface area contributed by atoms with Crippen molar-refractivity contribution >= 4 is 34.9 Å². The second-order valence-electron chi connectivity index (χ2n) is 9.73. The van der Waals surface area contributed by atoms with Crippen LogP contribution in [0.1, 0.15) is 19.4 Å². The monoisotopic (exact) mass is 627 g/mol. The summed E-state index contributed by atoms with van der Waals surface area (Å²) in [6.07, 6.45) is 0.547. The van der Waals surface area contributed by atoms with Crippen molar-refractivity contribution in [3.8, 4) is 11.4 Å². The van der Waals surface area contributed by atoms with Gasteiger partial charge in [-0.15, -0.1) is 0 Å². The van der Waals surface area contributed by atoms with Crippen LogP contribution in [0, 0.1) is 10.1 Å². The molecule has 2 aromatic carbocycles. The number of rotatable bonds is 14. The van der Waals surface area contributed by atoms with Crippen LogP contribution in [0.2, 0.25) is 0 Å². The number of nitrogens with two attached hydrogens (primary N) is 1. The van der Waals surface area contributed by atoms with E-state index in [-0.39, 0.29) is 35.9 Å². The number of nitrogens with zero attached hydrogens (tertiary/aromatic N) is 4. The van der Waals surface area contributed by atoms with E-state index in [1.54, 1.807) is 37.4 Å². The summed E-state index contributed by atoms with van der Waals surface area (Å²) >= 11 is 0. The largest absolute Gasteiger partial charge is 0.393 e. The van der Waals surface area contributed by atoms with E-state index >= 15 is 8.78 Å². The zero-order chi connectivity index (χ0) is 33.3. The van der Waals surface area contributed by atoms with Crippen molar-refractivity contribution in [1.82, 2.24) is 25.1 Å². The van der Waals surface area contributed by atoms with Gasteiger partial charge in [0.2, 0.25) is 17.6 Å². The lowest BCUT2D eigenvalue weighted by atomic mass is 9.98. The molecule has 4 N–H and O–H groups in total. The van der Waals surface area contributed by atoms with Crippen molar-refractivity contribution in [3.05, 3.63) is 86.8 Å². The molecule has 1 atom stereocenters. The first-order valence-electron chi connectivity index (χ1n) is 13.7. The summed E-state index contributed by atoms with van der Waals surface area (Å²) in [5.41, 5.74) is 4.51. The predicted molar refractivity (Wildman–Crippen MR) is 158 cm³/mol. The number of alkyl halides is 2. The minimum Gasteiger partial charge on any atom is -0.393 e. The van der Waals surface area contributed by atoms with Gasteiger partial charge in [0.15, 0.2) is 0 Å². The standard InChI is InChI=1S/C29H31F2N7O7/c1-3-36(4-2)24(40)16-34-28(43)29(30,31)25(41)22(13-18-9-6-5-7-10-18)35-23(39)17-37-26(33-15-21(32)27(37)42)19-11-8-12-20(14-19)38(44)45/h5-12,14-15,22H,3-4,13,16-17,32H2,1-2H3,(H,34,43)(H,35,39). The zero-order valence-corrected chi connectivity index (χ0v) is 24.4. The van der Waals surface area contributed by atoms with E-state index < -0.39 is 65.5 Å². The number of likely N-dealkylation sites (N-methyl/N-ethyl adjacent to an activating group) is 1. The van der Waals surface area contributed by atoms with Gasteiger partial charge in [-0.1, -0.05) is 42.5 Å². The maximum absolute atomic E-state index is 15.2. The number of carbonyl (C=O) groups is 4. The molecule has 1 aromatic heterocycles. The number of nitrogens with one attached hydrogen (secondary N) is 2. The summed E-state index contributed by atoms with van der Waals surface area (Å²) in [5.74, 6) is -10.6. The lowest BCUT2D eigenvalue weighted by molar-refractivity contribution is -0.384. The molecule has 0 aliphatic carbocycles. The Morgan fingerprint density at radius 3 is 2.38 bits per heavy atom. The summed E-state index contributed by atoms with van der Waals surface area (Å²) in [7, 11) is 0. The molecule has 3 aromatic rings. The number of amides is 3. The first-order chi connectivity index (χ1) is 21.3. The molecule has 0 aliphatic rings. The second-order valence-corrected chi connectivity index (χ2v) is 9.73. The fraction of sp³-hybridized carbons (Fsp3) is 0.310. The molecular formula is C29H31F2N7O7. The Balaban J connectivity index is 1.90. The molecule has 0 spiro atoms. The third-order valence-electron chi connectivity index (χ3n) is 6.74. The molecule has 0 aliphatic heterocycles. The summed E-state index contributed by atoms with van der Waals surface area (Å²) in [5, 5.41) is 15.2. The van der Waals surface area contributed by atoms with Crippen molar-refractivity contribution in [1.29, 1.82) is 0 Å². The first-order valence-corrected chi connectivity index (χ1v) is 13.7. The second kappa shape index (κ2) is 14.8. The van der Waals surface area contributed by atoms with Crippen LogP contribution in [0.5, 0.6) is 0 Å². The molecule has 0 saturated carbocycles. The third-order valence-corrected chi connectivity index (χ3v) is 6.74. The fourth-order valence-corrected chi connectivity index (χ4v) is 4.37. The average molecular weight is 628 g/mol. The summed E-state index contributed by atoms with van der Waals surface area (Å²) in [6.45, 7) is 2.24. The van der Waals surface area contributed by atoms with Gasteiger partial charge in [0.1, 0.15) is 18.1 Å². The van der Waals surface area contributed by atoms with Crippen molar-refractivity contribution < 1.29 is 32.9 Å². The van der Waals surface area contributed by atoms with Crippen LogP contribution in [0.4, 0.5) is 20.2 Å². The van der Waals surface area contributed by atoms with Crippen molar-refractivity contribution in [3.63, 3.8) is 0 Å². The summed E-state index contributed by atoms with van der Waals surface area (Å²) < 4.78 is 31.1. The lowest BCUT2D eigenvalue weighted by Gasteiger charge is -2.24. The number of nitrogen functional groups attached to an aromatic ring is 1. The number of hydrogen-bond acceptors (Lipinski definition) is 9. The normalized spacial score (nSPS) is 11.7. The summed E-state index contributed by atoms with van der Waals surface area (Å²) in [6, 6.07) is 10.9. The number of anilines is 1. The topological polar surface area (TPSA) is 200 Å². The third kappa shape index (κ3) is 8.31. The van der Waals surface area contributed by atoms with Gasteiger partial charge in [-0.3, -0.25) is 38.7 Å². The Morgan fingerprint density at radius 2 is 1.76 bits per heavy atom. The summed E-state index contributed by atoms with van der Waals surface area (Å²) in [4.78, 5) is 79.7. The number of Topliss-reactive ketones (excluding diaryl/α,β-unsaturated/α-hetero) is 1. The highest BCUT2D eigenvalue weighted by Gasteiger charge is 2.50. The van der Waals surface area contributed by atoms with Gasteiger partial charge in [-0.25, -0.2) is 4.98 Å². The van der Waals surface area contributed by atoms with Gasteiger partial charge in [-0.05, 0) is 19.4 Å². The van der Waals surface area contributed by atoms with Crippen molar-refractivity contribution in [2.45, 2.75) is 38.8 Å². The lowest BCUT2D eigenvalue weighted by Crippen LogP contribution is -2.56. The van der Waals surface area contributed by atoms with E-state index in [9.17, 15) is 34.1 Å². The van der Waals surface area contributed by atoms with Crippen molar-refractivity contribution in [2.75, 3.05) is 25.4 Å². The zero-order valence-electron chi connectivity index (χ0n) is 24.4. The number of nitro benzene ring substituents is 1. The van der Waals surface area contributed by atoms with Crippen LogP contribution < -0.4 is 21.9 Å². The molecule has 0 fully saturated rings. The Morgan fingerprint density at radius 1 is 1.09 bits per heavy atom. The van der Waals surface area contributed by atoms with Gasteiger partial charge in [0.05, 0.1) is 23.7 Å². The van der Waals surface area contributed by atoms with Gasteiger partial charge >= 0.3 is 5.92 Å². The molecule has 0 bridgehead atoms. The number of ketones is 1. The molecular weight excluding hydrogens is 596 g/mol. The van der Waals surface area contributed by atoms with Crippen LogP contribution in [0.15, 0.2) is 65.6 Å². The maximum atomic E-state index is 15.2. The Bertz CT molecular complexity index is 1640. The Labute approximate surface area is 255 Å². The van der Waals surface area contributed by atoms with Crippen molar-refractivity contribution in [2.24, 2.45) is 0 Å². The highest BCUT2D eigenvalue weighted by atomic mass is 19.3. The number of nitro groups is 1. The van der Waals surface area contributed by atoms with Gasteiger partial charge < -0.3 is 21.3 Å². The SMILES string of the molecule is CCN(CC)C(=O)CNC(=O)C(F)(F)C(=O)C(Cc1ccccc1)NC(=O)Cn1c(-c2cccc([N+](=O)[O-])c2)ncc(N)c1=O. The van der Waals surface area contributed by atoms with Gasteiger partial charge in [-0.2, -0.15) is 8.78 Å². The fourth-order valence-electron chi connectivity index (χ4n) is 4.37. The Kier molecular flexibility index (Phi) is 11.1. The molecule has 14 nitrogen and oxygen atoms in total. The number of hydrogen-bond donors (Lipinski definition) is 3. The molecule has 1 heterocycles. The minimum absolute atomic E-state index is 0.0773. The highest BCUT2D eigenvalue weighted by molar-refractivity contribution is 6.11. The van der Waals surface area contributed by atoms with Gasteiger partial charge in [0.25, 0.3) is 17.2 Å². The van der Waals surface area contributed by atoms with Crippen LogP contribution in [0.25, 0.3) is 11.4 Å².